The summed E-state index contributed by atoms with van der Waals surface area (Å²) in [7, 11) is 3.82. The maximum Gasteiger partial charge on any atom is 0.153 e. The normalized spacial score (nSPS) is 12.4. The van der Waals surface area contributed by atoms with E-state index in [0.717, 1.165) is 22.3 Å². The van der Waals surface area contributed by atoms with Crippen molar-refractivity contribution in [3.8, 4) is 0 Å². The minimum absolute atomic E-state index is 0.196. The lowest BCUT2D eigenvalue weighted by Gasteiger charge is -2.15. The Morgan fingerprint density at radius 2 is 2.29 bits per heavy atom. The van der Waals surface area contributed by atoms with Gasteiger partial charge in [-0.05, 0) is 29.4 Å². The Morgan fingerprint density at radius 3 is 2.76 bits per heavy atom. The highest BCUT2D eigenvalue weighted by Crippen LogP contribution is 2.22. The predicted octanol–water partition coefficient (Wildman–Crippen LogP) is 0.923. The predicted molar refractivity (Wildman–Crippen MR) is 70.0 cm³/mol. The van der Waals surface area contributed by atoms with Crippen molar-refractivity contribution < 1.29 is 5.21 Å². The van der Waals surface area contributed by atoms with Crippen molar-refractivity contribution >= 4 is 21.8 Å². The molecule has 0 aliphatic rings. The Hall–Kier alpha value is -1.08. The second-order valence-corrected chi connectivity index (χ2v) is 4.74. The molecule has 0 aromatic carbocycles. The van der Waals surface area contributed by atoms with Crippen LogP contribution in [0.15, 0.2) is 9.63 Å². The van der Waals surface area contributed by atoms with Gasteiger partial charge in [-0.1, -0.05) is 12.1 Å². The fourth-order valence-electron chi connectivity index (χ4n) is 1.61. The highest BCUT2D eigenvalue weighted by Gasteiger charge is 2.14. The number of nitrogens with two attached hydrogens (primary N) is 1. The molecule has 17 heavy (non-hydrogen) atoms. The number of halogens is 1. The third-order valence-electron chi connectivity index (χ3n) is 2.48. The standard InChI is InChI=1S/C10H18BrN5O/c1-4-7-10(11)8(16(3)13-7)5-15(2)6-9(12)14-17/h17H,4-6H2,1-3H3,(H2,12,14). The van der Waals surface area contributed by atoms with Crippen LogP contribution < -0.4 is 5.73 Å². The molecule has 0 spiro atoms. The van der Waals surface area contributed by atoms with Gasteiger partial charge in [0.2, 0.25) is 0 Å². The van der Waals surface area contributed by atoms with E-state index in [4.69, 9.17) is 10.9 Å². The van der Waals surface area contributed by atoms with Crippen molar-refractivity contribution in [2.75, 3.05) is 13.6 Å². The molecule has 0 amide bonds. The lowest BCUT2D eigenvalue weighted by Crippen LogP contribution is -2.31. The number of oxime groups is 1. The monoisotopic (exact) mass is 303 g/mol. The fraction of sp³-hybridized carbons (Fsp3) is 0.600. The highest BCUT2D eigenvalue weighted by molar-refractivity contribution is 9.10. The lowest BCUT2D eigenvalue weighted by molar-refractivity contribution is 0.306. The van der Waals surface area contributed by atoms with Gasteiger partial charge in [0.05, 0.1) is 22.4 Å². The van der Waals surface area contributed by atoms with Crippen molar-refractivity contribution in [2.45, 2.75) is 19.9 Å². The second-order valence-electron chi connectivity index (χ2n) is 3.95. The number of aryl methyl sites for hydroxylation is 2. The average molecular weight is 304 g/mol. The van der Waals surface area contributed by atoms with Gasteiger partial charge in [0.25, 0.3) is 0 Å². The summed E-state index contributed by atoms with van der Waals surface area (Å²) in [5.41, 5.74) is 7.58. The Balaban J connectivity index is 2.78. The molecule has 1 aromatic heterocycles. The van der Waals surface area contributed by atoms with Crippen LogP contribution in [-0.2, 0) is 20.0 Å². The molecule has 6 nitrogen and oxygen atoms in total. The van der Waals surface area contributed by atoms with Gasteiger partial charge in [0.15, 0.2) is 5.84 Å². The number of hydrogen-bond donors (Lipinski definition) is 2. The molecule has 1 rings (SSSR count). The van der Waals surface area contributed by atoms with Gasteiger partial charge >= 0.3 is 0 Å². The summed E-state index contributed by atoms with van der Waals surface area (Å²) in [6.45, 7) is 3.16. The zero-order chi connectivity index (χ0) is 13.0. The van der Waals surface area contributed by atoms with Gasteiger partial charge in [-0.25, -0.2) is 0 Å². The molecule has 0 unspecified atom stereocenters. The van der Waals surface area contributed by atoms with E-state index in [9.17, 15) is 0 Å². The summed E-state index contributed by atoms with van der Waals surface area (Å²) in [4.78, 5) is 1.95. The van der Waals surface area contributed by atoms with Crippen LogP contribution in [0.25, 0.3) is 0 Å². The highest BCUT2D eigenvalue weighted by atomic mass is 79.9. The van der Waals surface area contributed by atoms with Crippen LogP contribution in [0, 0.1) is 0 Å². The van der Waals surface area contributed by atoms with Crippen molar-refractivity contribution in [1.29, 1.82) is 0 Å². The quantitative estimate of drug-likeness (QED) is 0.367. The van der Waals surface area contributed by atoms with Gasteiger partial charge < -0.3 is 10.9 Å². The topological polar surface area (TPSA) is 79.7 Å². The first kappa shape index (κ1) is 14.0. The molecule has 96 valence electrons. The average Bonchev–Trinajstić information content (AvgIpc) is 2.56. The summed E-state index contributed by atoms with van der Waals surface area (Å²) in [6.07, 6.45) is 0.887. The smallest absolute Gasteiger partial charge is 0.153 e. The van der Waals surface area contributed by atoms with E-state index in [0.29, 0.717) is 13.1 Å². The minimum atomic E-state index is 0.196. The second kappa shape index (κ2) is 6.02. The summed E-state index contributed by atoms with van der Waals surface area (Å²) < 4.78 is 2.89. The summed E-state index contributed by atoms with van der Waals surface area (Å²) >= 11 is 3.55. The molecule has 1 aromatic rings. The number of likely N-dealkylation sites (N-methyl/N-ethyl adjacent to an activating group) is 1. The minimum Gasteiger partial charge on any atom is -0.409 e. The summed E-state index contributed by atoms with van der Waals surface area (Å²) in [6, 6.07) is 0. The maximum atomic E-state index is 8.51. The number of amidine groups is 1. The van der Waals surface area contributed by atoms with E-state index < -0.39 is 0 Å². The van der Waals surface area contributed by atoms with E-state index in [1.165, 1.54) is 0 Å². The van der Waals surface area contributed by atoms with E-state index >= 15 is 0 Å². The first-order chi connectivity index (χ1) is 7.99. The summed E-state index contributed by atoms with van der Waals surface area (Å²) in [5.74, 6) is 0.196. The van der Waals surface area contributed by atoms with E-state index in [1.807, 2.05) is 23.7 Å². The first-order valence-electron chi connectivity index (χ1n) is 5.34. The number of rotatable bonds is 5. The molecular weight excluding hydrogens is 286 g/mol. The molecule has 1 heterocycles. The Morgan fingerprint density at radius 1 is 1.65 bits per heavy atom. The molecule has 0 saturated carbocycles. The Kier molecular flexibility index (Phi) is 4.95. The van der Waals surface area contributed by atoms with E-state index in [-0.39, 0.29) is 5.84 Å². The van der Waals surface area contributed by atoms with Crippen molar-refractivity contribution in [3.05, 3.63) is 15.9 Å². The van der Waals surface area contributed by atoms with Crippen LogP contribution in [0.4, 0.5) is 0 Å². The van der Waals surface area contributed by atoms with Crippen molar-refractivity contribution in [3.63, 3.8) is 0 Å². The fourth-order valence-corrected chi connectivity index (χ4v) is 2.35. The molecule has 3 N–H and O–H groups in total. The van der Waals surface area contributed by atoms with E-state index in [2.05, 4.69) is 33.1 Å². The zero-order valence-corrected chi connectivity index (χ0v) is 11.9. The first-order valence-corrected chi connectivity index (χ1v) is 6.14. The molecular formula is C10H18BrN5O. The number of aromatic nitrogens is 2. The molecule has 7 heteroatoms. The Labute approximate surface area is 109 Å². The third-order valence-corrected chi connectivity index (χ3v) is 3.40. The van der Waals surface area contributed by atoms with Gasteiger partial charge in [-0.15, -0.1) is 0 Å². The van der Waals surface area contributed by atoms with Crippen molar-refractivity contribution in [1.82, 2.24) is 14.7 Å². The molecule has 0 aliphatic heterocycles. The molecule has 0 aliphatic carbocycles. The number of nitrogens with zero attached hydrogens (tertiary/aromatic N) is 4. The van der Waals surface area contributed by atoms with Crippen LogP contribution in [-0.4, -0.2) is 39.3 Å². The van der Waals surface area contributed by atoms with Gasteiger partial charge in [0, 0.05) is 13.6 Å². The van der Waals surface area contributed by atoms with E-state index in [1.54, 1.807) is 0 Å². The molecule has 0 bridgehead atoms. The van der Waals surface area contributed by atoms with Gasteiger partial charge in [0.1, 0.15) is 0 Å². The third kappa shape index (κ3) is 3.44. The van der Waals surface area contributed by atoms with Crippen LogP contribution in [0.3, 0.4) is 0 Å². The SMILES string of the molecule is CCc1nn(C)c(CN(C)CC(N)=NO)c1Br. The maximum absolute atomic E-state index is 8.51. The van der Waals surface area contributed by atoms with Crippen molar-refractivity contribution in [2.24, 2.45) is 17.9 Å². The van der Waals surface area contributed by atoms with Crippen LogP contribution in [0.5, 0.6) is 0 Å². The van der Waals surface area contributed by atoms with Crippen LogP contribution in [0.2, 0.25) is 0 Å². The zero-order valence-electron chi connectivity index (χ0n) is 10.3. The van der Waals surface area contributed by atoms with Gasteiger partial charge in [-0.3, -0.25) is 9.58 Å². The molecule has 0 radical (unpaired) electrons. The molecule has 0 atom stereocenters. The largest absolute Gasteiger partial charge is 0.409 e. The van der Waals surface area contributed by atoms with Crippen LogP contribution >= 0.6 is 15.9 Å². The Bertz CT molecular complexity index is 415. The molecule has 0 saturated heterocycles. The number of hydrogen-bond acceptors (Lipinski definition) is 4. The van der Waals surface area contributed by atoms with Gasteiger partial charge in [-0.2, -0.15) is 5.10 Å². The van der Waals surface area contributed by atoms with Crippen LogP contribution in [0.1, 0.15) is 18.3 Å². The molecule has 0 fully saturated rings. The summed E-state index contributed by atoms with van der Waals surface area (Å²) in [5, 5.41) is 15.9. The lowest BCUT2D eigenvalue weighted by atomic mass is 10.3.